The highest BCUT2D eigenvalue weighted by Gasteiger charge is 2.72. The van der Waals surface area contributed by atoms with Gasteiger partial charge in [-0.15, -0.1) is 0 Å². The van der Waals surface area contributed by atoms with Gasteiger partial charge < -0.3 is 0 Å². The molecule has 0 atom stereocenters. The van der Waals surface area contributed by atoms with Gasteiger partial charge in [0, 0.05) is 73.9 Å². The molecule has 1 spiro atoms. The molecule has 226 valence electrons. The van der Waals surface area contributed by atoms with Gasteiger partial charge in [0.05, 0.1) is 44.4 Å². The average molecular weight is 629 g/mol. The first kappa shape index (κ1) is 25.3. The number of hydrogen-bond acceptors (Lipinski definition) is 4. The molecule has 49 heavy (non-hydrogen) atoms. The smallest absolute Gasteiger partial charge is 0.265 e. The maximum Gasteiger partial charge on any atom is 0.553 e. The molecule has 6 aromatic heterocycles. The Morgan fingerprint density at radius 1 is 0.388 bits per heavy atom. The molecule has 6 aliphatic heterocycles. The highest BCUT2D eigenvalue weighted by molar-refractivity contribution is 6.29. The highest BCUT2D eigenvalue weighted by Crippen LogP contribution is 2.52. The first-order chi connectivity index (χ1) is 24.4. The largest absolute Gasteiger partial charge is 0.553 e. The van der Waals surface area contributed by atoms with Crippen LogP contribution in [0, 0.1) is 0 Å². The summed E-state index contributed by atoms with van der Waals surface area (Å²) in [6.07, 6.45) is 24.3. The van der Waals surface area contributed by atoms with Gasteiger partial charge in [-0.1, -0.05) is 9.15 Å². The lowest BCUT2D eigenvalue weighted by Gasteiger charge is -2.41. The predicted octanol–water partition coefficient (Wildman–Crippen LogP) is 4.00. The molecule has 6 aliphatic rings. The zero-order chi connectivity index (χ0) is 31.8. The second kappa shape index (κ2) is 8.76. The van der Waals surface area contributed by atoms with Crippen LogP contribution in [0.25, 0.3) is 22.3 Å². The van der Waals surface area contributed by atoms with Crippen LogP contribution in [0.3, 0.4) is 0 Å². The lowest BCUT2D eigenvalue weighted by Crippen LogP contribution is -2.71. The molecule has 0 aromatic carbocycles. The van der Waals surface area contributed by atoms with Crippen molar-refractivity contribution in [2.45, 2.75) is 5.91 Å². The SMILES string of the molecule is C1=CC2=[N+]3C1=C(c1ccncc1)c1ccc4n1C31n3c(ccc3=C(c3ccncc3)C3=[N+]1C(=C4c1ccncc1)C=C3)=C2c1ccncc1. The summed E-state index contributed by atoms with van der Waals surface area (Å²) in [5.74, 6) is -0.815. The minimum absolute atomic E-state index is 0.815. The van der Waals surface area contributed by atoms with Crippen LogP contribution in [0.1, 0.15) is 33.6 Å². The van der Waals surface area contributed by atoms with Crippen molar-refractivity contribution in [2.75, 3.05) is 0 Å². The molecule has 0 fully saturated rings. The number of rotatable bonds is 4. The van der Waals surface area contributed by atoms with Crippen LogP contribution < -0.4 is 10.7 Å². The number of pyridine rings is 4. The third kappa shape index (κ3) is 2.84. The van der Waals surface area contributed by atoms with Crippen molar-refractivity contribution in [1.29, 1.82) is 0 Å². The summed E-state index contributed by atoms with van der Waals surface area (Å²) in [5, 5.41) is 2.31. The van der Waals surface area contributed by atoms with Crippen molar-refractivity contribution in [1.82, 2.24) is 29.1 Å². The van der Waals surface area contributed by atoms with Crippen LogP contribution in [0.5, 0.6) is 0 Å². The van der Waals surface area contributed by atoms with Gasteiger partial charge >= 0.3 is 5.91 Å². The molecular weight excluding hydrogens is 605 g/mol. The summed E-state index contributed by atoms with van der Waals surface area (Å²) < 4.78 is 10.3. The molecule has 6 aromatic rings. The second-order valence-corrected chi connectivity index (χ2v) is 12.8. The van der Waals surface area contributed by atoms with Gasteiger partial charge in [0.1, 0.15) is 0 Å². The Hall–Kier alpha value is -6.80. The van der Waals surface area contributed by atoms with E-state index in [9.17, 15) is 0 Å². The molecule has 0 radical (unpaired) electrons. The van der Waals surface area contributed by atoms with Crippen molar-refractivity contribution < 1.29 is 9.15 Å². The summed E-state index contributed by atoms with van der Waals surface area (Å²) >= 11 is 0. The number of allylic oxidation sites excluding steroid dienone is 4. The molecule has 0 unspecified atom stereocenters. The fourth-order valence-electron chi connectivity index (χ4n) is 8.98. The summed E-state index contributed by atoms with van der Waals surface area (Å²) in [6, 6.07) is 26.2. The molecule has 12 heterocycles. The van der Waals surface area contributed by atoms with Crippen LogP contribution in [0.4, 0.5) is 0 Å². The molecule has 8 heteroatoms. The lowest BCUT2D eigenvalue weighted by atomic mass is 9.93. The zero-order valence-electron chi connectivity index (χ0n) is 25.9. The Morgan fingerprint density at radius 3 is 1.14 bits per heavy atom. The third-order valence-corrected chi connectivity index (χ3v) is 10.6. The van der Waals surface area contributed by atoms with Crippen LogP contribution in [0.15, 0.2) is 158 Å². The predicted molar refractivity (Wildman–Crippen MR) is 184 cm³/mol. The Kier molecular flexibility index (Phi) is 4.52. The van der Waals surface area contributed by atoms with E-state index in [1.165, 1.54) is 22.3 Å². The lowest BCUT2D eigenvalue weighted by molar-refractivity contribution is -0.834. The summed E-state index contributed by atoms with van der Waals surface area (Å²) in [6.45, 7) is 0. The molecular formula is C41H24N8+2. The van der Waals surface area contributed by atoms with Crippen LogP contribution in [0.2, 0.25) is 0 Å². The normalized spacial score (nSPS) is 18.2. The maximum absolute atomic E-state index is 4.39. The molecule has 8 nitrogen and oxygen atoms in total. The Morgan fingerprint density at radius 2 is 0.755 bits per heavy atom. The van der Waals surface area contributed by atoms with Crippen molar-refractivity contribution in [3.05, 3.63) is 202 Å². The van der Waals surface area contributed by atoms with Gasteiger partial charge in [-0.05, 0) is 95.1 Å². The van der Waals surface area contributed by atoms with E-state index in [0.29, 0.717) is 0 Å². The van der Waals surface area contributed by atoms with Crippen molar-refractivity contribution in [2.24, 2.45) is 0 Å². The molecule has 0 saturated heterocycles. The van der Waals surface area contributed by atoms with Crippen molar-refractivity contribution in [3.63, 3.8) is 0 Å². The van der Waals surface area contributed by atoms with E-state index < -0.39 is 5.91 Å². The zero-order valence-corrected chi connectivity index (χ0v) is 25.9. The Labute approximate surface area is 279 Å². The molecule has 0 saturated carbocycles. The monoisotopic (exact) mass is 628 g/mol. The van der Waals surface area contributed by atoms with E-state index >= 15 is 0 Å². The minimum atomic E-state index is -0.815. The Balaban J connectivity index is 1.35. The molecule has 0 N–H and O–H groups in total. The average Bonchev–Trinajstić information content (AvgIpc) is 3.99. The first-order valence-electron chi connectivity index (χ1n) is 16.4. The van der Waals surface area contributed by atoms with E-state index in [0.717, 1.165) is 67.2 Å². The van der Waals surface area contributed by atoms with Crippen molar-refractivity contribution in [3.8, 4) is 0 Å². The standard InChI is InChI=1S/C41H24N8/c1-2-30-38(26-11-19-43-20-12-26)32-5-6-34-40(28-15-23-45-24-16-28)36-8-7-35-39(27-13-21-44-22-14-27)33-4-3-31-37(25-9-17-42-18-10-25)29(1)46(30)41(47(31)33,48(32)34)49(35)36/h1-24H/q+2. The summed E-state index contributed by atoms with van der Waals surface area (Å²) in [4.78, 5) is 17.6. The molecule has 0 bridgehead atoms. The topological polar surface area (TPSA) is 67.4 Å². The van der Waals surface area contributed by atoms with Crippen LogP contribution in [-0.4, -0.2) is 49.6 Å². The van der Waals surface area contributed by atoms with Gasteiger partial charge in [0.25, 0.3) is 0 Å². The summed E-state index contributed by atoms with van der Waals surface area (Å²) in [7, 11) is 0. The van der Waals surface area contributed by atoms with Crippen LogP contribution >= 0.6 is 0 Å². The third-order valence-electron chi connectivity index (χ3n) is 10.6. The highest BCUT2D eigenvalue weighted by atomic mass is 15.6. The fourth-order valence-corrected chi connectivity index (χ4v) is 8.98. The quantitative estimate of drug-likeness (QED) is 0.277. The van der Waals surface area contributed by atoms with Gasteiger partial charge in [-0.3, -0.25) is 19.9 Å². The van der Waals surface area contributed by atoms with E-state index in [1.54, 1.807) is 0 Å². The second-order valence-electron chi connectivity index (χ2n) is 12.8. The van der Waals surface area contributed by atoms with Crippen molar-refractivity contribution >= 4 is 33.7 Å². The number of hydrogen-bond donors (Lipinski definition) is 0. The van der Waals surface area contributed by atoms with E-state index in [1.807, 2.05) is 49.6 Å². The summed E-state index contributed by atoms with van der Waals surface area (Å²) in [5.41, 5.74) is 16.1. The number of nitrogens with zero attached hydrogens (tertiary/aromatic N) is 8. The van der Waals surface area contributed by atoms with Gasteiger partial charge in [-0.25, -0.2) is 0 Å². The van der Waals surface area contributed by atoms with E-state index in [2.05, 4.69) is 135 Å². The van der Waals surface area contributed by atoms with Gasteiger partial charge in [0.2, 0.25) is 22.8 Å². The number of aromatic nitrogens is 6. The van der Waals surface area contributed by atoms with Gasteiger partial charge in [-0.2, -0.15) is 9.13 Å². The van der Waals surface area contributed by atoms with E-state index in [4.69, 9.17) is 0 Å². The Bertz CT molecular complexity index is 2640. The minimum Gasteiger partial charge on any atom is -0.265 e. The molecule has 0 amide bonds. The van der Waals surface area contributed by atoms with Crippen LogP contribution in [-0.2, 0) is 5.91 Å². The first-order valence-corrected chi connectivity index (χ1v) is 16.4. The molecule has 12 rings (SSSR count). The maximum atomic E-state index is 4.39. The molecule has 0 aliphatic carbocycles. The van der Waals surface area contributed by atoms with E-state index in [-0.39, 0.29) is 0 Å². The fraction of sp³-hybridized carbons (Fsp3) is 0.0244. The van der Waals surface area contributed by atoms with Gasteiger partial charge in [0.15, 0.2) is 0 Å².